The lowest BCUT2D eigenvalue weighted by Crippen LogP contribution is -2.30. The van der Waals surface area contributed by atoms with Crippen LogP contribution in [0.4, 0.5) is 0 Å². The van der Waals surface area contributed by atoms with Crippen molar-refractivity contribution >= 4 is 17.9 Å². The molecule has 0 radical (unpaired) electrons. The van der Waals surface area contributed by atoms with E-state index in [2.05, 4.69) is 118 Å². The minimum absolute atomic E-state index is 0.107. The van der Waals surface area contributed by atoms with Gasteiger partial charge in [-0.2, -0.15) is 0 Å². The molecule has 0 fully saturated rings. The van der Waals surface area contributed by atoms with E-state index in [1.54, 1.807) is 0 Å². The third-order valence-corrected chi connectivity index (χ3v) is 9.13. The van der Waals surface area contributed by atoms with Gasteiger partial charge in [-0.05, 0) is 89.9 Å². The van der Waals surface area contributed by atoms with Crippen LogP contribution in [-0.4, -0.2) is 37.2 Å². The molecule has 58 heavy (non-hydrogen) atoms. The van der Waals surface area contributed by atoms with E-state index in [9.17, 15) is 14.4 Å². The van der Waals surface area contributed by atoms with E-state index in [4.69, 9.17) is 14.2 Å². The number of esters is 3. The van der Waals surface area contributed by atoms with Gasteiger partial charge in [0, 0.05) is 19.3 Å². The van der Waals surface area contributed by atoms with E-state index in [0.717, 1.165) is 141 Å². The van der Waals surface area contributed by atoms with Gasteiger partial charge in [0.2, 0.25) is 0 Å². The molecule has 0 rings (SSSR count). The molecule has 0 bridgehead atoms. The molecular weight excluding hydrogens is 721 g/mol. The summed E-state index contributed by atoms with van der Waals surface area (Å²) in [4.78, 5) is 37.8. The van der Waals surface area contributed by atoms with Crippen LogP contribution >= 0.6 is 0 Å². The molecule has 6 heteroatoms. The van der Waals surface area contributed by atoms with E-state index >= 15 is 0 Å². The zero-order chi connectivity index (χ0) is 42.3. The zero-order valence-electron chi connectivity index (χ0n) is 37.0. The highest BCUT2D eigenvalue weighted by atomic mass is 16.6. The van der Waals surface area contributed by atoms with Crippen LogP contribution < -0.4 is 0 Å². The molecule has 0 aliphatic heterocycles. The summed E-state index contributed by atoms with van der Waals surface area (Å²) >= 11 is 0. The van der Waals surface area contributed by atoms with Gasteiger partial charge >= 0.3 is 17.9 Å². The summed E-state index contributed by atoms with van der Waals surface area (Å²) in [6, 6.07) is 0. The quantitative estimate of drug-likeness (QED) is 0.0202. The molecule has 0 amide bonds. The number of hydrogen-bond donors (Lipinski definition) is 0. The summed E-state index contributed by atoms with van der Waals surface area (Å²) in [6.45, 7) is 6.17. The molecule has 0 aromatic heterocycles. The number of carbonyl (C=O) groups is 3. The Kier molecular flexibility index (Phi) is 42.7. The van der Waals surface area contributed by atoms with Crippen LogP contribution in [0.25, 0.3) is 0 Å². The lowest BCUT2D eigenvalue weighted by molar-refractivity contribution is -0.167. The second-order valence-electron chi connectivity index (χ2n) is 14.6. The Labute approximate surface area is 355 Å². The Hall–Kier alpha value is -3.93. The highest BCUT2D eigenvalue weighted by molar-refractivity contribution is 5.71. The normalized spacial score (nSPS) is 13.1. The standard InChI is InChI=1S/C52H82O6/c1-4-7-10-13-16-19-22-25-28-30-33-36-39-42-45-51(54)57-48-49(58-52(55)46-43-40-37-34-31-27-24-21-18-15-12-9-6-3)47-56-50(53)44-41-38-35-32-29-26-23-20-17-14-11-8-5-2/h7-12,14-21,23-25,28,49H,4-6,13,22,26-27,29-48H2,1-3H3/b10-7+,11-8+,12-9+,17-14+,18-15+,19-16+,23-20+,24-21+,28-25+. The maximum atomic E-state index is 12.7. The Morgan fingerprint density at radius 1 is 0.362 bits per heavy atom. The molecule has 0 N–H and O–H groups in total. The number of unbranched alkanes of at least 4 members (excludes halogenated alkanes) is 14. The fourth-order valence-electron chi connectivity index (χ4n) is 5.75. The van der Waals surface area contributed by atoms with Gasteiger partial charge in [0.05, 0.1) is 0 Å². The SMILES string of the molecule is CC/C=C/C=C/C=C/CCCCCCCC(=O)OCC(COC(=O)CCCCCC/C=C/C/C=C/C/C=C/CC)OC(=O)CCCCCCC/C=C/C=C/C=C/CC. The number of ether oxygens (including phenoxy) is 3. The van der Waals surface area contributed by atoms with Crippen molar-refractivity contribution in [3.8, 4) is 0 Å². The van der Waals surface area contributed by atoms with Gasteiger partial charge < -0.3 is 14.2 Å². The number of carbonyl (C=O) groups excluding carboxylic acids is 3. The summed E-state index contributed by atoms with van der Waals surface area (Å²) in [5.74, 6) is -0.981. The molecule has 0 aromatic carbocycles. The molecule has 0 heterocycles. The highest BCUT2D eigenvalue weighted by Crippen LogP contribution is 2.12. The molecule has 0 saturated carbocycles. The molecule has 6 nitrogen and oxygen atoms in total. The molecule has 326 valence electrons. The van der Waals surface area contributed by atoms with Gasteiger partial charge in [-0.1, -0.05) is 182 Å². The first-order valence-corrected chi connectivity index (χ1v) is 23.0. The van der Waals surface area contributed by atoms with E-state index < -0.39 is 6.10 Å². The number of hydrogen-bond acceptors (Lipinski definition) is 6. The van der Waals surface area contributed by atoms with Crippen molar-refractivity contribution in [3.63, 3.8) is 0 Å². The predicted molar refractivity (Wildman–Crippen MR) is 247 cm³/mol. The Balaban J connectivity index is 4.51. The Morgan fingerprint density at radius 2 is 0.707 bits per heavy atom. The lowest BCUT2D eigenvalue weighted by atomic mass is 10.1. The fourth-order valence-corrected chi connectivity index (χ4v) is 5.75. The van der Waals surface area contributed by atoms with Crippen molar-refractivity contribution in [3.05, 3.63) is 109 Å². The van der Waals surface area contributed by atoms with E-state index in [0.29, 0.717) is 19.3 Å². The number of allylic oxidation sites excluding steroid dienone is 18. The molecule has 0 aliphatic carbocycles. The third-order valence-electron chi connectivity index (χ3n) is 9.13. The topological polar surface area (TPSA) is 78.9 Å². The van der Waals surface area contributed by atoms with Crippen molar-refractivity contribution in [2.24, 2.45) is 0 Å². The summed E-state index contributed by atoms with van der Waals surface area (Å²) in [7, 11) is 0. The average molecular weight is 803 g/mol. The molecule has 0 saturated heterocycles. The van der Waals surface area contributed by atoms with Crippen LogP contribution in [0, 0.1) is 0 Å². The second-order valence-corrected chi connectivity index (χ2v) is 14.6. The Bertz CT molecular complexity index is 1240. The first kappa shape index (κ1) is 54.1. The van der Waals surface area contributed by atoms with Crippen LogP contribution in [0.2, 0.25) is 0 Å². The van der Waals surface area contributed by atoms with Crippen LogP contribution in [0.15, 0.2) is 109 Å². The monoisotopic (exact) mass is 803 g/mol. The first-order chi connectivity index (χ1) is 28.5. The molecule has 1 atom stereocenters. The van der Waals surface area contributed by atoms with Crippen molar-refractivity contribution < 1.29 is 28.6 Å². The average Bonchev–Trinajstić information content (AvgIpc) is 3.22. The van der Waals surface area contributed by atoms with E-state index in [1.807, 2.05) is 12.2 Å². The van der Waals surface area contributed by atoms with Crippen molar-refractivity contribution in [2.75, 3.05) is 13.2 Å². The van der Waals surface area contributed by atoms with Gasteiger partial charge in [-0.15, -0.1) is 0 Å². The van der Waals surface area contributed by atoms with Crippen molar-refractivity contribution in [1.82, 2.24) is 0 Å². The van der Waals surface area contributed by atoms with Crippen molar-refractivity contribution in [1.29, 1.82) is 0 Å². The van der Waals surface area contributed by atoms with Crippen molar-refractivity contribution in [2.45, 2.75) is 187 Å². The molecule has 0 aliphatic rings. The summed E-state index contributed by atoms with van der Waals surface area (Å²) in [6.07, 6.45) is 60.7. The van der Waals surface area contributed by atoms with E-state index in [1.165, 1.54) is 0 Å². The first-order valence-electron chi connectivity index (χ1n) is 23.0. The van der Waals surface area contributed by atoms with E-state index in [-0.39, 0.29) is 31.1 Å². The lowest BCUT2D eigenvalue weighted by Gasteiger charge is -2.18. The number of rotatable bonds is 39. The van der Waals surface area contributed by atoms with Gasteiger partial charge in [0.15, 0.2) is 6.10 Å². The smallest absolute Gasteiger partial charge is 0.306 e. The minimum Gasteiger partial charge on any atom is -0.462 e. The summed E-state index contributed by atoms with van der Waals surface area (Å²) < 4.78 is 16.7. The summed E-state index contributed by atoms with van der Waals surface area (Å²) in [5, 5.41) is 0. The maximum Gasteiger partial charge on any atom is 0.306 e. The van der Waals surface area contributed by atoms with Gasteiger partial charge in [-0.3, -0.25) is 14.4 Å². The van der Waals surface area contributed by atoms with Crippen LogP contribution in [0.5, 0.6) is 0 Å². The molecular formula is C52H82O6. The second kappa shape index (κ2) is 45.8. The largest absolute Gasteiger partial charge is 0.462 e. The molecule has 0 spiro atoms. The highest BCUT2D eigenvalue weighted by Gasteiger charge is 2.19. The Morgan fingerprint density at radius 3 is 1.16 bits per heavy atom. The van der Waals surface area contributed by atoms with Gasteiger partial charge in [0.25, 0.3) is 0 Å². The fraction of sp³-hybridized carbons (Fsp3) is 0.596. The third kappa shape index (κ3) is 43.2. The van der Waals surface area contributed by atoms with Crippen LogP contribution in [-0.2, 0) is 28.6 Å². The van der Waals surface area contributed by atoms with Gasteiger partial charge in [0.1, 0.15) is 13.2 Å². The maximum absolute atomic E-state index is 12.7. The van der Waals surface area contributed by atoms with Crippen LogP contribution in [0.1, 0.15) is 181 Å². The van der Waals surface area contributed by atoms with Crippen LogP contribution in [0.3, 0.4) is 0 Å². The molecule has 1 unspecified atom stereocenters. The minimum atomic E-state index is -0.807. The molecule has 0 aromatic rings. The predicted octanol–water partition coefficient (Wildman–Crippen LogP) is 14.8. The summed E-state index contributed by atoms with van der Waals surface area (Å²) in [5.41, 5.74) is 0. The zero-order valence-corrected chi connectivity index (χ0v) is 37.0. The van der Waals surface area contributed by atoms with Gasteiger partial charge in [-0.25, -0.2) is 0 Å².